The fourth-order valence-electron chi connectivity index (χ4n) is 1.82. The fraction of sp³-hybridized carbons (Fsp3) is 0.636. The van der Waals surface area contributed by atoms with Gasteiger partial charge in [-0.25, -0.2) is 4.79 Å². The molecule has 1 aliphatic rings. The highest BCUT2D eigenvalue weighted by atomic mass is 16.5. The Hall–Kier alpha value is -1.60. The SMILES string of the molecule is Cn1cc(C(=O)O)c(OCCN2CCOCC2)n1. The van der Waals surface area contributed by atoms with Gasteiger partial charge >= 0.3 is 5.97 Å². The van der Waals surface area contributed by atoms with E-state index in [4.69, 9.17) is 14.6 Å². The van der Waals surface area contributed by atoms with E-state index in [0.717, 1.165) is 32.8 Å². The Morgan fingerprint density at radius 2 is 2.28 bits per heavy atom. The molecule has 0 saturated carbocycles. The molecule has 0 bridgehead atoms. The van der Waals surface area contributed by atoms with Crippen LogP contribution in [0.1, 0.15) is 10.4 Å². The van der Waals surface area contributed by atoms with Gasteiger partial charge in [-0.15, -0.1) is 5.10 Å². The average molecular weight is 255 g/mol. The minimum Gasteiger partial charge on any atom is -0.477 e. The molecule has 7 heteroatoms. The van der Waals surface area contributed by atoms with Crippen LogP contribution in [0.5, 0.6) is 5.88 Å². The molecule has 1 N–H and O–H groups in total. The Bertz CT molecular complexity index is 412. The number of hydrogen-bond acceptors (Lipinski definition) is 5. The number of carboxylic acid groups (broad SMARTS) is 1. The van der Waals surface area contributed by atoms with Crippen LogP contribution in [0.4, 0.5) is 0 Å². The van der Waals surface area contributed by atoms with Crippen LogP contribution < -0.4 is 4.74 Å². The smallest absolute Gasteiger partial charge is 0.342 e. The van der Waals surface area contributed by atoms with Crippen LogP contribution in [0.25, 0.3) is 0 Å². The van der Waals surface area contributed by atoms with Crippen LogP contribution in [-0.4, -0.2) is 65.2 Å². The lowest BCUT2D eigenvalue weighted by Gasteiger charge is -2.26. The number of rotatable bonds is 5. The van der Waals surface area contributed by atoms with Gasteiger partial charge in [0.1, 0.15) is 12.2 Å². The van der Waals surface area contributed by atoms with Crippen molar-refractivity contribution in [1.29, 1.82) is 0 Å². The average Bonchev–Trinajstić information content (AvgIpc) is 2.72. The lowest BCUT2D eigenvalue weighted by molar-refractivity contribution is 0.0318. The highest BCUT2D eigenvalue weighted by Crippen LogP contribution is 2.15. The molecular formula is C11H17N3O4. The number of aromatic carboxylic acids is 1. The summed E-state index contributed by atoms with van der Waals surface area (Å²) in [6.45, 7) is 4.43. The number of aryl methyl sites for hydroxylation is 1. The van der Waals surface area contributed by atoms with Gasteiger partial charge in [0.2, 0.25) is 5.88 Å². The Balaban J connectivity index is 1.84. The maximum atomic E-state index is 10.9. The summed E-state index contributed by atoms with van der Waals surface area (Å²) >= 11 is 0. The topological polar surface area (TPSA) is 76.8 Å². The number of hydrogen-bond donors (Lipinski definition) is 1. The van der Waals surface area contributed by atoms with Crippen molar-refractivity contribution in [3.8, 4) is 5.88 Å². The van der Waals surface area contributed by atoms with E-state index < -0.39 is 5.97 Å². The van der Waals surface area contributed by atoms with Gasteiger partial charge in [0.05, 0.1) is 13.2 Å². The fourth-order valence-corrected chi connectivity index (χ4v) is 1.82. The van der Waals surface area contributed by atoms with Crippen LogP contribution in [0.3, 0.4) is 0 Å². The van der Waals surface area contributed by atoms with Gasteiger partial charge in [-0.1, -0.05) is 0 Å². The standard InChI is InChI=1S/C11H17N3O4/c1-13-8-9(11(15)16)10(12-13)18-7-4-14-2-5-17-6-3-14/h8H,2-7H2,1H3,(H,15,16). The van der Waals surface area contributed by atoms with Gasteiger partial charge < -0.3 is 14.6 Å². The second-order valence-corrected chi connectivity index (χ2v) is 4.13. The molecule has 0 unspecified atom stereocenters. The maximum absolute atomic E-state index is 10.9. The van der Waals surface area contributed by atoms with Crippen molar-refractivity contribution in [2.75, 3.05) is 39.5 Å². The Kier molecular flexibility index (Phi) is 4.16. The molecule has 1 aliphatic heterocycles. The van der Waals surface area contributed by atoms with E-state index in [1.807, 2.05) is 0 Å². The first-order chi connectivity index (χ1) is 8.66. The molecule has 1 aromatic heterocycles. The predicted molar refractivity (Wildman–Crippen MR) is 62.9 cm³/mol. The quantitative estimate of drug-likeness (QED) is 0.787. The summed E-state index contributed by atoms with van der Waals surface area (Å²) in [6, 6.07) is 0. The molecule has 2 rings (SSSR count). The van der Waals surface area contributed by atoms with E-state index in [1.165, 1.54) is 10.9 Å². The zero-order chi connectivity index (χ0) is 13.0. The highest BCUT2D eigenvalue weighted by molar-refractivity contribution is 5.89. The first kappa shape index (κ1) is 12.8. The number of morpholine rings is 1. The summed E-state index contributed by atoms with van der Waals surface area (Å²) in [5.74, 6) is -0.845. The number of nitrogens with zero attached hydrogens (tertiary/aromatic N) is 3. The molecule has 0 atom stereocenters. The third-order valence-electron chi connectivity index (χ3n) is 2.78. The lowest BCUT2D eigenvalue weighted by atomic mass is 10.3. The van der Waals surface area contributed by atoms with Crippen LogP contribution >= 0.6 is 0 Å². The second kappa shape index (κ2) is 5.83. The van der Waals surface area contributed by atoms with Crippen molar-refractivity contribution in [3.63, 3.8) is 0 Å². The molecule has 0 aromatic carbocycles. The zero-order valence-corrected chi connectivity index (χ0v) is 10.3. The second-order valence-electron chi connectivity index (χ2n) is 4.13. The van der Waals surface area contributed by atoms with Crippen LogP contribution in [0.15, 0.2) is 6.20 Å². The monoisotopic (exact) mass is 255 g/mol. The van der Waals surface area contributed by atoms with Crippen LogP contribution in [0.2, 0.25) is 0 Å². The van der Waals surface area contributed by atoms with Gasteiger partial charge in [-0.3, -0.25) is 9.58 Å². The Labute approximate surface area is 105 Å². The van der Waals surface area contributed by atoms with Crippen LogP contribution in [-0.2, 0) is 11.8 Å². The molecule has 0 radical (unpaired) electrons. The number of carboxylic acids is 1. The molecule has 7 nitrogen and oxygen atoms in total. The Morgan fingerprint density at radius 3 is 2.94 bits per heavy atom. The van der Waals surface area contributed by atoms with Gasteiger partial charge in [0.25, 0.3) is 0 Å². The zero-order valence-electron chi connectivity index (χ0n) is 10.3. The van der Waals surface area contributed by atoms with Crippen molar-refractivity contribution in [2.45, 2.75) is 0 Å². The van der Waals surface area contributed by atoms with E-state index >= 15 is 0 Å². The summed E-state index contributed by atoms with van der Waals surface area (Å²) < 4.78 is 12.1. The van der Waals surface area contributed by atoms with E-state index in [9.17, 15) is 4.79 Å². The number of carbonyl (C=O) groups is 1. The van der Waals surface area contributed by atoms with Gasteiger partial charge in [0, 0.05) is 32.9 Å². The third-order valence-corrected chi connectivity index (χ3v) is 2.78. The highest BCUT2D eigenvalue weighted by Gasteiger charge is 2.16. The maximum Gasteiger partial charge on any atom is 0.342 e. The predicted octanol–water partition coefficient (Wildman–Crippen LogP) is -0.171. The van der Waals surface area contributed by atoms with Crippen molar-refractivity contribution >= 4 is 5.97 Å². The van der Waals surface area contributed by atoms with E-state index in [-0.39, 0.29) is 11.4 Å². The summed E-state index contributed by atoms with van der Waals surface area (Å²) in [6.07, 6.45) is 1.44. The molecule has 0 spiro atoms. The van der Waals surface area contributed by atoms with Crippen molar-refractivity contribution in [1.82, 2.24) is 14.7 Å². The molecule has 0 amide bonds. The normalized spacial score (nSPS) is 16.7. The first-order valence-electron chi connectivity index (χ1n) is 5.86. The van der Waals surface area contributed by atoms with E-state index in [2.05, 4.69) is 10.00 Å². The lowest BCUT2D eigenvalue weighted by Crippen LogP contribution is -2.38. The molecule has 1 saturated heterocycles. The summed E-state index contributed by atoms with van der Waals surface area (Å²) in [5, 5.41) is 13.0. The van der Waals surface area contributed by atoms with E-state index in [1.54, 1.807) is 7.05 Å². The summed E-state index contributed by atoms with van der Waals surface area (Å²) in [4.78, 5) is 13.2. The van der Waals surface area contributed by atoms with E-state index in [0.29, 0.717) is 6.61 Å². The van der Waals surface area contributed by atoms with Crippen molar-refractivity contribution in [2.24, 2.45) is 7.05 Å². The number of ether oxygens (including phenoxy) is 2. The number of aromatic nitrogens is 2. The van der Waals surface area contributed by atoms with Gasteiger partial charge in [0.15, 0.2) is 0 Å². The van der Waals surface area contributed by atoms with Gasteiger partial charge in [-0.2, -0.15) is 0 Å². The van der Waals surface area contributed by atoms with Crippen molar-refractivity contribution in [3.05, 3.63) is 11.8 Å². The molecule has 100 valence electrons. The molecule has 1 aromatic rings. The Morgan fingerprint density at radius 1 is 1.56 bits per heavy atom. The molecule has 1 fully saturated rings. The molecular weight excluding hydrogens is 238 g/mol. The summed E-state index contributed by atoms with van der Waals surface area (Å²) in [7, 11) is 1.67. The third kappa shape index (κ3) is 3.21. The molecule has 18 heavy (non-hydrogen) atoms. The molecule has 0 aliphatic carbocycles. The van der Waals surface area contributed by atoms with Crippen molar-refractivity contribution < 1.29 is 19.4 Å². The van der Waals surface area contributed by atoms with Crippen LogP contribution in [0, 0.1) is 0 Å². The largest absolute Gasteiger partial charge is 0.477 e. The minimum atomic E-state index is -1.02. The molecule has 2 heterocycles. The summed E-state index contributed by atoms with van der Waals surface area (Å²) in [5.41, 5.74) is 0.0967. The van der Waals surface area contributed by atoms with Gasteiger partial charge in [-0.05, 0) is 0 Å². The first-order valence-corrected chi connectivity index (χ1v) is 5.86. The minimum absolute atomic E-state index is 0.0967.